The molecule has 10 heteroatoms. The number of rotatable bonds is 5. The van der Waals surface area contributed by atoms with Gasteiger partial charge >= 0.3 is 0 Å². The molecule has 2 aliphatic heterocycles. The van der Waals surface area contributed by atoms with E-state index >= 15 is 0 Å². The van der Waals surface area contributed by atoms with Crippen molar-refractivity contribution in [2.45, 2.75) is 52.2 Å². The van der Waals surface area contributed by atoms with Crippen LogP contribution in [0.1, 0.15) is 43.9 Å². The van der Waals surface area contributed by atoms with Crippen molar-refractivity contribution in [2.24, 2.45) is 5.16 Å². The largest absolute Gasteiger partial charge is 0.382 e. The number of hydrogen-bond acceptors (Lipinski definition) is 8. The van der Waals surface area contributed by atoms with E-state index in [2.05, 4.69) is 30.8 Å². The molecule has 4 heterocycles. The van der Waals surface area contributed by atoms with Crippen molar-refractivity contribution in [1.29, 1.82) is 0 Å². The molecule has 1 saturated heterocycles. The Bertz CT molecular complexity index is 1140. The molecule has 5 rings (SSSR count). The number of aromatic nitrogens is 4. The Morgan fingerprint density at radius 3 is 2.77 bits per heavy atom. The van der Waals surface area contributed by atoms with Gasteiger partial charge in [0.05, 0.1) is 22.8 Å². The van der Waals surface area contributed by atoms with Crippen LogP contribution in [-0.4, -0.2) is 50.9 Å². The molecule has 0 spiro atoms. The van der Waals surface area contributed by atoms with Crippen LogP contribution in [0.2, 0.25) is 0 Å². The molecule has 1 N–H and O–H groups in total. The summed E-state index contributed by atoms with van der Waals surface area (Å²) in [7, 11) is 0. The highest BCUT2D eigenvalue weighted by atomic mass is 16.6. The molecule has 2 aliphatic rings. The first kappa shape index (κ1) is 19.5. The number of fused-ring (bicyclic) bond motifs is 1. The van der Waals surface area contributed by atoms with Crippen molar-refractivity contribution in [3.63, 3.8) is 0 Å². The maximum atomic E-state index is 12.9. The summed E-state index contributed by atoms with van der Waals surface area (Å²) in [6.07, 6.45) is 5.16. The summed E-state index contributed by atoms with van der Waals surface area (Å²) in [6, 6.07) is 3.81. The molecule has 10 nitrogen and oxygen atoms in total. The number of amides is 1. The highest BCUT2D eigenvalue weighted by molar-refractivity contribution is 6.08. The lowest BCUT2D eigenvalue weighted by Crippen LogP contribution is -2.30. The minimum atomic E-state index is -0.712. The van der Waals surface area contributed by atoms with Crippen molar-refractivity contribution in [1.82, 2.24) is 20.1 Å². The molecule has 0 radical (unpaired) electrons. The fourth-order valence-electron chi connectivity index (χ4n) is 4.20. The summed E-state index contributed by atoms with van der Waals surface area (Å²) < 4.78 is 6.85. The summed E-state index contributed by atoms with van der Waals surface area (Å²) in [5.41, 5.74) is 5.24. The number of hydrogen-bond donors (Lipinski definition) is 1. The Labute approximate surface area is 179 Å². The van der Waals surface area contributed by atoms with Crippen molar-refractivity contribution in [2.75, 3.05) is 23.3 Å². The molecular formula is C21H25N7O3. The molecule has 1 unspecified atom stereocenters. The molecule has 1 aromatic carbocycles. The molecule has 0 aliphatic carbocycles. The Balaban J connectivity index is 1.31. The third kappa shape index (κ3) is 3.62. The van der Waals surface area contributed by atoms with Crippen LogP contribution in [0.15, 0.2) is 28.1 Å². The fourth-order valence-corrected chi connectivity index (χ4v) is 4.20. The smallest absolute Gasteiger partial charge is 0.268 e. The molecular weight excluding hydrogens is 398 g/mol. The van der Waals surface area contributed by atoms with Crippen molar-refractivity contribution in [3.05, 3.63) is 29.6 Å². The van der Waals surface area contributed by atoms with Crippen LogP contribution in [0.5, 0.6) is 0 Å². The van der Waals surface area contributed by atoms with Gasteiger partial charge in [-0.25, -0.2) is 4.63 Å². The highest BCUT2D eigenvalue weighted by Gasteiger charge is 2.31. The molecule has 0 saturated carbocycles. The Morgan fingerprint density at radius 2 is 2.00 bits per heavy atom. The van der Waals surface area contributed by atoms with Crippen LogP contribution >= 0.6 is 0 Å². The second-order valence-corrected chi connectivity index (χ2v) is 7.95. The molecule has 1 fully saturated rings. The number of piperidine rings is 1. The van der Waals surface area contributed by atoms with Gasteiger partial charge < -0.3 is 15.1 Å². The standard InChI is InChI=1S/C21H25N7O3/c1-3-28-12-14(13(2)23-28)16-11-18(30-24-16)21(29)22-15-7-8-17(20-19(15)25-31-26-20)27-9-5-4-6-10-27/h7-8,12,18H,3-6,9-11H2,1-2H3,(H,22,29). The van der Waals surface area contributed by atoms with E-state index in [0.717, 1.165) is 55.1 Å². The summed E-state index contributed by atoms with van der Waals surface area (Å²) >= 11 is 0. The lowest BCUT2D eigenvalue weighted by molar-refractivity contribution is -0.125. The number of nitrogens with one attached hydrogen (secondary N) is 1. The van der Waals surface area contributed by atoms with Gasteiger partial charge in [0.25, 0.3) is 5.91 Å². The second kappa shape index (κ2) is 8.01. The lowest BCUT2D eigenvalue weighted by atomic mass is 10.1. The van der Waals surface area contributed by atoms with Gasteiger partial charge in [0, 0.05) is 37.8 Å². The monoisotopic (exact) mass is 423 g/mol. The van der Waals surface area contributed by atoms with Crippen molar-refractivity contribution < 1.29 is 14.3 Å². The van der Waals surface area contributed by atoms with Crippen molar-refractivity contribution in [3.8, 4) is 0 Å². The minimum absolute atomic E-state index is 0.283. The van der Waals surface area contributed by atoms with E-state index < -0.39 is 6.10 Å². The number of oxime groups is 1. The third-order valence-electron chi connectivity index (χ3n) is 5.89. The first-order valence-electron chi connectivity index (χ1n) is 10.7. The zero-order chi connectivity index (χ0) is 21.4. The van der Waals surface area contributed by atoms with E-state index in [-0.39, 0.29) is 5.91 Å². The van der Waals surface area contributed by atoms with E-state index in [0.29, 0.717) is 23.1 Å². The quantitative estimate of drug-likeness (QED) is 0.672. The Hall–Kier alpha value is -3.43. The molecule has 162 valence electrons. The number of carbonyl (C=O) groups excluding carboxylic acids is 1. The van der Waals surface area contributed by atoms with Crippen LogP contribution in [0.4, 0.5) is 11.4 Å². The number of aryl methyl sites for hydroxylation is 2. The van der Waals surface area contributed by atoms with Gasteiger partial charge in [0.2, 0.25) is 6.10 Å². The predicted octanol–water partition coefficient (Wildman–Crippen LogP) is 2.87. The average molecular weight is 423 g/mol. The number of nitrogens with zero attached hydrogens (tertiary/aromatic N) is 6. The van der Waals surface area contributed by atoms with Crippen molar-refractivity contribution >= 4 is 34.0 Å². The van der Waals surface area contributed by atoms with Gasteiger partial charge in [-0.3, -0.25) is 9.48 Å². The summed E-state index contributed by atoms with van der Waals surface area (Å²) in [4.78, 5) is 20.6. The third-order valence-corrected chi connectivity index (χ3v) is 5.89. The zero-order valence-electron chi connectivity index (χ0n) is 17.7. The topological polar surface area (TPSA) is 111 Å². The maximum Gasteiger partial charge on any atom is 0.268 e. The molecule has 0 bridgehead atoms. The van der Waals surface area contributed by atoms with E-state index in [1.807, 2.05) is 36.9 Å². The van der Waals surface area contributed by atoms with Crippen LogP contribution < -0.4 is 10.2 Å². The molecule has 1 atom stereocenters. The van der Waals surface area contributed by atoms with Gasteiger partial charge in [-0.15, -0.1) is 0 Å². The Morgan fingerprint density at radius 1 is 1.19 bits per heavy atom. The van der Waals surface area contributed by atoms with Crippen LogP contribution in [0.25, 0.3) is 11.0 Å². The van der Waals surface area contributed by atoms with Gasteiger partial charge in [-0.05, 0) is 55.6 Å². The first-order valence-corrected chi connectivity index (χ1v) is 10.7. The summed E-state index contributed by atoms with van der Waals surface area (Å²) in [5, 5.41) is 19.6. The average Bonchev–Trinajstić information content (AvgIpc) is 3.54. The predicted molar refractivity (Wildman–Crippen MR) is 115 cm³/mol. The zero-order valence-corrected chi connectivity index (χ0v) is 17.7. The van der Waals surface area contributed by atoms with E-state index in [9.17, 15) is 4.79 Å². The van der Waals surface area contributed by atoms with Gasteiger partial charge in [0.1, 0.15) is 0 Å². The molecule has 2 aromatic heterocycles. The van der Waals surface area contributed by atoms with Gasteiger partial charge in [0.15, 0.2) is 11.0 Å². The summed E-state index contributed by atoms with van der Waals surface area (Å²) in [6.45, 7) is 6.69. The number of carbonyl (C=O) groups is 1. The van der Waals surface area contributed by atoms with Crippen LogP contribution in [0.3, 0.4) is 0 Å². The van der Waals surface area contributed by atoms with E-state index in [1.54, 1.807) is 0 Å². The first-order chi connectivity index (χ1) is 15.1. The minimum Gasteiger partial charge on any atom is -0.382 e. The number of benzene rings is 1. The van der Waals surface area contributed by atoms with Gasteiger partial charge in [-0.1, -0.05) is 5.16 Å². The van der Waals surface area contributed by atoms with E-state index in [4.69, 9.17) is 9.47 Å². The molecule has 1 amide bonds. The SMILES string of the molecule is CCn1cc(C2=NOC(C(=O)Nc3ccc(N4CCCCC4)c4nonc34)C2)c(C)n1. The molecule has 31 heavy (non-hydrogen) atoms. The maximum absolute atomic E-state index is 12.9. The normalized spacial score (nSPS) is 18.8. The molecule has 3 aromatic rings. The fraction of sp³-hybridized carbons (Fsp3) is 0.476. The summed E-state index contributed by atoms with van der Waals surface area (Å²) in [5.74, 6) is -0.283. The highest BCUT2D eigenvalue weighted by Crippen LogP contribution is 2.32. The lowest BCUT2D eigenvalue weighted by Gasteiger charge is -2.28. The van der Waals surface area contributed by atoms with Crippen LogP contribution in [-0.2, 0) is 16.2 Å². The van der Waals surface area contributed by atoms with Crippen LogP contribution in [0, 0.1) is 6.92 Å². The van der Waals surface area contributed by atoms with Gasteiger partial charge in [-0.2, -0.15) is 5.10 Å². The second-order valence-electron chi connectivity index (χ2n) is 7.95. The van der Waals surface area contributed by atoms with E-state index in [1.165, 1.54) is 6.42 Å². The Kier molecular flexibility index (Phi) is 5.05. The number of anilines is 2.